The van der Waals surface area contributed by atoms with Gasteiger partial charge in [-0.1, -0.05) is 13.8 Å². The zero-order valence-electron chi connectivity index (χ0n) is 16.3. The highest BCUT2D eigenvalue weighted by Crippen LogP contribution is 2.49. The average molecular weight is 368 g/mol. The number of ether oxygens (including phenoxy) is 3. The fourth-order valence-electron chi connectivity index (χ4n) is 3.90. The first kappa shape index (κ1) is 18.8. The lowest BCUT2D eigenvalue weighted by Gasteiger charge is -2.37. The number of nitrogens with zero attached hydrogens (tertiary/aromatic N) is 1. The van der Waals surface area contributed by atoms with Crippen LogP contribution in [0.5, 0.6) is 11.5 Å². The van der Waals surface area contributed by atoms with Gasteiger partial charge >= 0.3 is 0 Å². The summed E-state index contributed by atoms with van der Waals surface area (Å²) in [5.74, 6) is 1.16. The molecule has 6 heteroatoms. The van der Waals surface area contributed by atoms with Crippen molar-refractivity contribution in [1.29, 1.82) is 5.26 Å². The summed E-state index contributed by atoms with van der Waals surface area (Å²) in [6, 6.07) is 5.79. The van der Waals surface area contributed by atoms with Crippen LogP contribution in [0.1, 0.15) is 43.7 Å². The smallest absolute Gasteiger partial charge is 0.205 e. The fraction of sp³-hybridized carbons (Fsp3) is 0.429. The number of hydrogen-bond acceptors (Lipinski definition) is 6. The summed E-state index contributed by atoms with van der Waals surface area (Å²) in [6.45, 7) is 5.96. The molecule has 2 N–H and O–H groups in total. The fourth-order valence-corrected chi connectivity index (χ4v) is 3.90. The van der Waals surface area contributed by atoms with Crippen molar-refractivity contribution in [2.45, 2.75) is 39.5 Å². The number of carbonyl (C=O) groups is 1. The van der Waals surface area contributed by atoms with Crippen LogP contribution in [-0.2, 0) is 9.53 Å². The predicted octanol–water partition coefficient (Wildman–Crippen LogP) is 3.46. The first-order valence-corrected chi connectivity index (χ1v) is 8.78. The van der Waals surface area contributed by atoms with E-state index >= 15 is 0 Å². The van der Waals surface area contributed by atoms with Crippen molar-refractivity contribution in [2.75, 3.05) is 14.2 Å². The van der Waals surface area contributed by atoms with Crippen molar-refractivity contribution in [2.24, 2.45) is 11.1 Å². The number of nitriles is 1. The molecule has 0 fully saturated rings. The number of allylic oxidation sites excluding steroid dienone is 3. The van der Waals surface area contributed by atoms with Gasteiger partial charge in [0.05, 0.1) is 20.1 Å². The van der Waals surface area contributed by atoms with Crippen molar-refractivity contribution in [3.05, 3.63) is 46.0 Å². The van der Waals surface area contributed by atoms with E-state index in [0.29, 0.717) is 35.7 Å². The van der Waals surface area contributed by atoms with Gasteiger partial charge in [-0.05, 0) is 35.6 Å². The molecule has 0 spiro atoms. The first-order valence-electron chi connectivity index (χ1n) is 8.78. The summed E-state index contributed by atoms with van der Waals surface area (Å²) in [4.78, 5) is 13.0. The number of aryl methyl sites for hydroxylation is 1. The topological polar surface area (TPSA) is 94.6 Å². The SMILES string of the molecule is COc1cc(C)c([C@H]2C(C#N)=C(N)OC3=C2C(=O)CC(C)(C)C3)cc1OC. The second-order valence-electron chi connectivity index (χ2n) is 7.77. The quantitative estimate of drug-likeness (QED) is 0.878. The highest BCUT2D eigenvalue weighted by molar-refractivity contribution is 6.00. The normalized spacial score (nSPS) is 21.3. The molecule has 0 saturated heterocycles. The molecular formula is C21H24N2O4. The van der Waals surface area contributed by atoms with Gasteiger partial charge in [0.15, 0.2) is 17.3 Å². The van der Waals surface area contributed by atoms with Crippen LogP contribution in [0.15, 0.2) is 34.9 Å². The Bertz CT molecular complexity index is 919. The highest BCUT2D eigenvalue weighted by Gasteiger charge is 2.43. The Hall–Kier alpha value is -2.94. The summed E-state index contributed by atoms with van der Waals surface area (Å²) < 4.78 is 16.5. The van der Waals surface area contributed by atoms with E-state index in [4.69, 9.17) is 19.9 Å². The number of rotatable bonds is 3. The number of benzene rings is 1. The van der Waals surface area contributed by atoms with Crippen LogP contribution in [0, 0.1) is 23.7 Å². The molecule has 0 unspecified atom stereocenters. The van der Waals surface area contributed by atoms with Crippen molar-refractivity contribution >= 4 is 5.78 Å². The molecule has 3 rings (SSSR count). The molecule has 6 nitrogen and oxygen atoms in total. The summed E-state index contributed by atoms with van der Waals surface area (Å²) >= 11 is 0. The van der Waals surface area contributed by atoms with E-state index in [9.17, 15) is 10.1 Å². The van der Waals surface area contributed by atoms with Gasteiger partial charge in [-0.2, -0.15) is 5.26 Å². The van der Waals surface area contributed by atoms with Gasteiger partial charge < -0.3 is 19.9 Å². The Labute approximate surface area is 159 Å². The van der Waals surface area contributed by atoms with E-state index in [2.05, 4.69) is 6.07 Å². The predicted molar refractivity (Wildman–Crippen MR) is 100.0 cm³/mol. The van der Waals surface area contributed by atoms with Gasteiger partial charge in [-0.15, -0.1) is 0 Å². The van der Waals surface area contributed by atoms with Crippen LogP contribution in [0.4, 0.5) is 0 Å². The maximum absolute atomic E-state index is 13.0. The lowest BCUT2D eigenvalue weighted by atomic mass is 9.70. The summed E-state index contributed by atoms with van der Waals surface area (Å²) in [5.41, 5.74) is 8.30. The molecular weight excluding hydrogens is 344 g/mol. The Morgan fingerprint density at radius 3 is 2.44 bits per heavy atom. The van der Waals surface area contributed by atoms with Crippen molar-refractivity contribution in [3.8, 4) is 17.6 Å². The molecule has 2 aliphatic rings. The van der Waals surface area contributed by atoms with Crippen molar-refractivity contribution < 1.29 is 19.0 Å². The third-order valence-electron chi connectivity index (χ3n) is 5.16. The zero-order valence-corrected chi connectivity index (χ0v) is 16.3. The Morgan fingerprint density at radius 2 is 1.85 bits per heavy atom. The molecule has 0 saturated carbocycles. The lowest BCUT2D eigenvalue weighted by Crippen LogP contribution is -2.33. The molecule has 0 bridgehead atoms. The number of methoxy groups -OCH3 is 2. The minimum atomic E-state index is -0.567. The van der Waals surface area contributed by atoms with E-state index in [-0.39, 0.29) is 22.7 Å². The minimum absolute atomic E-state index is 0.0133. The van der Waals surface area contributed by atoms with E-state index < -0.39 is 5.92 Å². The molecule has 142 valence electrons. The van der Waals surface area contributed by atoms with Gasteiger partial charge in [-0.25, -0.2) is 0 Å². The average Bonchev–Trinajstić information content (AvgIpc) is 2.59. The minimum Gasteiger partial charge on any atom is -0.493 e. The maximum atomic E-state index is 13.0. The lowest BCUT2D eigenvalue weighted by molar-refractivity contribution is -0.119. The van der Waals surface area contributed by atoms with Crippen LogP contribution < -0.4 is 15.2 Å². The van der Waals surface area contributed by atoms with Gasteiger partial charge in [0.2, 0.25) is 5.88 Å². The van der Waals surface area contributed by atoms with E-state index in [0.717, 1.165) is 11.1 Å². The van der Waals surface area contributed by atoms with Crippen molar-refractivity contribution in [1.82, 2.24) is 0 Å². The number of nitrogens with two attached hydrogens (primary N) is 1. The number of hydrogen-bond donors (Lipinski definition) is 1. The summed E-state index contributed by atoms with van der Waals surface area (Å²) in [5, 5.41) is 9.73. The molecule has 1 aromatic carbocycles. The van der Waals surface area contributed by atoms with Crippen molar-refractivity contribution in [3.63, 3.8) is 0 Å². The van der Waals surface area contributed by atoms with E-state index in [1.54, 1.807) is 14.2 Å². The molecule has 1 atom stereocenters. The molecule has 0 radical (unpaired) electrons. The molecule has 1 aliphatic heterocycles. The number of Topliss-reactive ketones (excluding diaryl/α,β-unsaturated/α-hetero) is 1. The number of ketones is 1. The molecule has 1 aromatic rings. The molecule has 27 heavy (non-hydrogen) atoms. The highest BCUT2D eigenvalue weighted by atomic mass is 16.5. The van der Waals surface area contributed by atoms with Crippen LogP contribution >= 0.6 is 0 Å². The van der Waals surface area contributed by atoms with E-state index in [1.807, 2.05) is 32.9 Å². The second-order valence-corrected chi connectivity index (χ2v) is 7.77. The standard InChI is InChI=1S/C21H24N2O4/c1-11-6-15(25-4)16(26-5)7-12(11)18-13(10-22)20(23)27-17-9-21(2,3)8-14(24)19(17)18/h6-7,18H,8-9,23H2,1-5H3/t18-/m0/s1. The van der Waals surface area contributed by atoms with Crippen LogP contribution in [0.2, 0.25) is 0 Å². The monoisotopic (exact) mass is 368 g/mol. The largest absolute Gasteiger partial charge is 0.493 e. The third-order valence-corrected chi connectivity index (χ3v) is 5.16. The third kappa shape index (κ3) is 3.14. The molecule has 0 aromatic heterocycles. The maximum Gasteiger partial charge on any atom is 0.205 e. The molecule has 1 aliphatic carbocycles. The Balaban J connectivity index is 2.25. The zero-order chi connectivity index (χ0) is 19.9. The first-order chi connectivity index (χ1) is 12.7. The molecule has 0 amide bonds. The Morgan fingerprint density at radius 1 is 1.22 bits per heavy atom. The van der Waals surface area contributed by atoms with Crippen LogP contribution in [0.25, 0.3) is 0 Å². The molecule has 1 heterocycles. The van der Waals surface area contributed by atoms with Gasteiger partial charge in [-0.3, -0.25) is 4.79 Å². The Kier molecular flexibility index (Phi) is 4.64. The summed E-state index contributed by atoms with van der Waals surface area (Å²) in [7, 11) is 3.12. The summed E-state index contributed by atoms with van der Waals surface area (Å²) in [6.07, 6.45) is 0.993. The van der Waals surface area contributed by atoms with Gasteiger partial charge in [0, 0.05) is 18.4 Å². The second kappa shape index (κ2) is 6.66. The van der Waals surface area contributed by atoms with Crippen LogP contribution in [0.3, 0.4) is 0 Å². The van der Waals surface area contributed by atoms with Crippen LogP contribution in [-0.4, -0.2) is 20.0 Å². The van der Waals surface area contributed by atoms with Gasteiger partial charge in [0.1, 0.15) is 17.4 Å². The van der Waals surface area contributed by atoms with Gasteiger partial charge in [0.25, 0.3) is 0 Å². The van der Waals surface area contributed by atoms with E-state index in [1.165, 1.54) is 0 Å². The number of carbonyl (C=O) groups excluding carboxylic acids is 1.